The number of para-hydroxylation sites is 4. The maximum absolute atomic E-state index is 6.47. The van der Waals surface area contributed by atoms with Crippen molar-refractivity contribution in [2.24, 2.45) is 9.98 Å². The van der Waals surface area contributed by atoms with Crippen molar-refractivity contribution in [2.75, 3.05) is 0 Å². The van der Waals surface area contributed by atoms with E-state index in [4.69, 9.17) is 24.2 Å². The largest absolute Gasteiger partial charge is 0.456 e. The highest BCUT2D eigenvalue weighted by atomic mass is 16.8. The first-order valence-corrected chi connectivity index (χ1v) is 10.8. The molecule has 160 valence electrons. The quantitative estimate of drug-likeness (QED) is 0.393. The highest BCUT2D eigenvalue weighted by molar-refractivity contribution is 6.08. The molecule has 4 aromatic carbocycles. The Labute approximate surface area is 191 Å². The van der Waals surface area contributed by atoms with Gasteiger partial charge in [0.25, 0.3) is 0 Å². The normalized spacial score (nSPS) is 18.7. The summed E-state index contributed by atoms with van der Waals surface area (Å²) < 4.78 is 19.0. The molecule has 5 nitrogen and oxygen atoms in total. The first kappa shape index (κ1) is 19.5. The van der Waals surface area contributed by atoms with Gasteiger partial charge in [0, 0.05) is 11.1 Å². The predicted octanol–water partition coefficient (Wildman–Crippen LogP) is 6.08. The predicted molar refractivity (Wildman–Crippen MR) is 128 cm³/mol. The molecule has 0 saturated heterocycles. The topological polar surface area (TPSA) is 52.4 Å². The molecule has 4 aromatic rings. The summed E-state index contributed by atoms with van der Waals surface area (Å²) in [6.45, 7) is 0. The molecule has 0 fully saturated rings. The molecular weight excluding hydrogens is 412 g/mol. The Bertz CT molecular complexity index is 1240. The molecule has 6 rings (SSSR count). The zero-order valence-corrected chi connectivity index (χ0v) is 17.7. The number of hydrogen-bond donors (Lipinski definition) is 0. The summed E-state index contributed by atoms with van der Waals surface area (Å²) in [6, 6.07) is 35.2. The molecule has 5 heteroatoms. The van der Waals surface area contributed by atoms with Crippen molar-refractivity contribution in [1.82, 2.24) is 0 Å². The van der Waals surface area contributed by atoms with Crippen molar-refractivity contribution in [3.63, 3.8) is 0 Å². The average Bonchev–Trinajstić information content (AvgIpc) is 2.89. The van der Waals surface area contributed by atoms with E-state index in [2.05, 4.69) is 0 Å². The summed E-state index contributed by atoms with van der Waals surface area (Å²) in [6.07, 6.45) is -1.54. The molecule has 0 radical (unpaired) electrons. The molecule has 0 aromatic heterocycles. The number of rotatable bonds is 4. The zero-order chi connectivity index (χ0) is 22.0. The lowest BCUT2D eigenvalue weighted by atomic mass is 10.1. The molecule has 0 N–H and O–H groups in total. The van der Waals surface area contributed by atoms with Crippen LogP contribution in [0.5, 0.6) is 11.5 Å². The number of benzene rings is 4. The fourth-order valence-corrected chi connectivity index (χ4v) is 3.92. The molecule has 2 atom stereocenters. The molecule has 2 heterocycles. The van der Waals surface area contributed by atoms with Gasteiger partial charge in [0.15, 0.2) is 0 Å². The minimum absolute atomic E-state index is 0.664. The Kier molecular flexibility index (Phi) is 4.94. The lowest BCUT2D eigenvalue weighted by molar-refractivity contribution is -0.122. The van der Waals surface area contributed by atoms with Crippen molar-refractivity contribution < 1.29 is 14.2 Å². The lowest BCUT2D eigenvalue weighted by Crippen LogP contribution is -2.43. The summed E-state index contributed by atoms with van der Waals surface area (Å²) in [5.74, 6) is 1.33. The minimum Gasteiger partial charge on any atom is -0.456 e. The number of nitrogens with zero attached hydrogens (tertiary/aromatic N) is 2. The van der Waals surface area contributed by atoms with Crippen LogP contribution in [0.2, 0.25) is 0 Å². The van der Waals surface area contributed by atoms with Crippen LogP contribution in [-0.4, -0.2) is 24.0 Å². The van der Waals surface area contributed by atoms with Gasteiger partial charge < -0.3 is 9.47 Å². The third kappa shape index (κ3) is 3.79. The van der Waals surface area contributed by atoms with Crippen LogP contribution < -0.4 is 9.47 Å². The highest BCUT2D eigenvalue weighted by Crippen LogP contribution is 2.37. The van der Waals surface area contributed by atoms with Crippen LogP contribution in [0.15, 0.2) is 119 Å². The van der Waals surface area contributed by atoms with E-state index in [1.807, 2.05) is 109 Å². The average molecular weight is 432 g/mol. The highest BCUT2D eigenvalue weighted by Gasteiger charge is 2.34. The van der Waals surface area contributed by atoms with Crippen LogP contribution >= 0.6 is 0 Å². The molecule has 2 aliphatic heterocycles. The third-order valence-electron chi connectivity index (χ3n) is 5.51. The minimum atomic E-state index is -0.772. The van der Waals surface area contributed by atoms with Crippen LogP contribution in [0.3, 0.4) is 0 Å². The van der Waals surface area contributed by atoms with Gasteiger partial charge in [-0.15, -0.1) is 0 Å². The number of aliphatic imine (C=N–C) groups is 2. The molecule has 2 unspecified atom stereocenters. The molecule has 2 aliphatic rings. The first-order chi connectivity index (χ1) is 16.3. The van der Waals surface area contributed by atoms with Crippen LogP contribution in [-0.2, 0) is 4.74 Å². The SMILES string of the molecule is c1ccc(C2=Nc3ccccc3OC2OC2Oc3ccccc3N=C2c2ccccc2)cc1. The monoisotopic (exact) mass is 432 g/mol. The van der Waals surface area contributed by atoms with E-state index in [0.717, 1.165) is 22.5 Å². The van der Waals surface area contributed by atoms with Crippen molar-refractivity contribution in [3.8, 4) is 11.5 Å². The second-order valence-corrected chi connectivity index (χ2v) is 7.70. The molecule has 0 bridgehead atoms. The van der Waals surface area contributed by atoms with E-state index in [-0.39, 0.29) is 0 Å². The maximum Gasteiger partial charge on any atom is 0.247 e. The standard InChI is InChI=1S/C28H20N2O3/c1-3-11-19(12-4-1)25-27(31-23-17-9-7-15-21(23)29-25)33-28-26(20-13-5-2-6-14-20)30-22-16-8-10-18-24(22)32-28/h1-18,27-28H. The van der Waals surface area contributed by atoms with Gasteiger partial charge in [-0.1, -0.05) is 84.9 Å². The third-order valence-corrected chi connectivity index (χ3v) is 5.51. The summed E-state index contributed by atoms with van der Waals surface area (Å²) in [5.41, 5.74) is 4.75. The van der Waals surface area contributed by atoms with Crippen LogP contribution in [0.25, 0.3) is 0 Å². The lowest BCUT2D eigenvalue weighted by Gasteiger charge is -2.32. The summed E-state index contributed by atoms with van der Waals surface area (Å²) in [7, 11) is 0. The Balaban J connectivity index is 1.40. The van der Waals surface area contributed by atoms with Gasteiger partial charge >= 0.3 is 0 Å². The van der Waals surface area contributed by atoms with Gasteiger partial charge in [-0.25, -0.2) is 9.98 Å². The van der Waals surface area contributed by atoms with Crippen LogP contribution in [0.1, 0.15) is 11.1 Å². The van der Waals surface area contributed by atoms with Gasteiger partial charge in [0.2, 0.25) is 12.6 Å². The number of ether oxygens (including phenoxy) is 3. The van der Waals surface area contributed by atoms with Crippen molar-refractivity contribution in [2.45, 2.75) is 12.6 Å². The van der Waals surface area contributed by atoms with E-state index in [1.165, 1.54) is 0 Å². The Morgan fingerprint density at radius 2 is 0.879 bits per heavy atom. The molecule has 0 saturated carbocycles. The van der Waals surface area contributed by atoms with E-state index in [1.54, 1.807) is 0 Å². The Morgan fingerprint density at radius 3 is 1.33 bits per heavy atom. The summed E-state index contributed by atoms with van der Waals surface area (Å²) in [5, 5.41) is 0. The second-order valence-electron chi connectivity index (χ2n) is 7.70. The van der Waals surface area contributed by atoms with Crippen LogP contribution in [0.4, 0.5) is 11.4 Å². The fourth-order valence-electron chi connectivity index (χ4n) is 3.92. The number of fused-ring (bicyclic) bond motifs is 2. The molecule has 0 aliphatic carbocycles. The molecule has 0 amide bonds. The van der Waals surface area contributed by atoms with E-state index >= 15 is 0 Å². The smallest absolute Gasteiger partial charge is 0.247 e. The van der Waals surface area contributed by atoms with E-state index < -0.39 is 12.6 Å². The Hall–Kier alpha value is -4.22. The molecule has 33 heavy (non-hydrogen) atoms. The van der Waals surface area contributed by atoms with E-state index in [9.17, 15) is 0 Å². The van der Waals surface area contributed by atoms with Crippen molar-refractivity contribution >= 4 is 22.8 Å². The van der Waals surface area contributed by atoms with Gasteiger partial charge in [-0.3, -0.25) is 4.74 Å². The van der Waals surface area contributed by atoms with Crippen molar-refractivity contribution in [1.29, 1.82) is 0 Å². The fraction of sp³-hybridized carbons (Fsp3) is 0.0714. The zero-order valence-electron chi connectivity index (χ0n) is 17.7. The van der Waals surface area contributed by atoms with Gasteiger partial charge in [0.05, 0.1) is 0 Å². The molecular formula is C28H20N2O3. The van der Waals surface area contributed by atoms with Crippen molar-refractivity contribution in [3.05, 3.63) is 120 Å². The van der Waals surface area contributed by atoms with Gasteiger partial charge in [-0.2, -0.15) is 0 Å². The van der Waals surface area contributed by atoms with Crippen LogP contribution in [0, 0.1) is 0 Å². The van der Waals surface area contributed by atoms with E-state index in [0.29, 0.717) is 22.9 Å². The summed E-state index contributed by atoms with van der Waals surface area (Å²) >= 11 is 0. The van der Waals surface area contributed by atoms with Gasteiger partial charge in [0.1, 0.15) is 34.3 Å². The molecule has 0 spiro atoms. The second kappa shape index (κ2) is 8.37. The number of hydrogen-bond acceptors (Lipinski definition) is 5. The Morgan fingerprint density at radius 1 is 0.485 bits per heavy atom. The first-order valence-electron chi connectivity index (χ1n) is 10.8. The maximum atomic E-state index is 6.47. The van der Waals surface area contributed by atoms with Gasteiger partial charge in [-0.05, 0) is 24.3 Å². The summed E-state index contributed by atoms with van der Waals surface area (Å²) in [4.78, 5) is 9.75.